The van der Waals surface area contributed by atoms with Crippen LogP contribution < -0.4 is 5.56 Å². The Morgan fingerprint density at radius 3 is 2.58 bits per heavy atom. The Balaban J connectivity index is 2.48. The molecule has 0 saturated heterocycles. The Bertz CT molecular complexity index is 656. The van der Waals surface area contributed by atoms with Gasteiger partial charge in [-0.3, -0.25) is 14.7 Å². The number of hydrogen-bond acceptors (Lipinski definition) is 3. The SMILES string of the molecule is COC(=O)Cc1c[nH]n(-c2c(F)cccc2F)c1=O. The predicted octanol–water partition coefficient (Wildman–Crippen LogP) is 1.16. The molecule has 0 fully saturated rings. The summed E-state index contributed by atoms with van der Waals surface area (Å²) in [4.78, 5) is 23.0. The van der Waals surface area contributed by atoms with Gasteiger partial charge in [0.2, 0.25) is 0 Å². The number of carbonyl (C=O) groups excluding carboxylic acids is 1. The smallest absolute Gasteiger partial charge is 0.310 e. The summed E-state index contributed by atoms with van der Waals surface area (Å²) in [6, 6.07) is 3.26. The Kier molecular flexibility index (Phi) is 3.46. The largest absolute Gasteiger partial charge is 0.469 e. The fraction of sp³-hybridized carbons (Fsp3) is 0.167. The molecule has 0 aliphatic carbocycles. The number of benzene rings is 1. The summed E-state index contributed by atoms with van der Waals surface area (Å²) in [7, 11) is 1.18. The summed E-state index contributed by atoms with van der Waals surface area (Å²) in [6.45, 7) is 0. The van der Waals surface area contributed by atoms with E-state index in [4.69, 9.17) is 0 Å². The molecule has 19 heavy (non-hydrogen) atoms. The summed E-state index contributed by atoms with van der Waals surface area (Å²) < 4.78 is 32.2. The molecular weight excluding hydrogens is 258 g/mol. The molecule has 0 spiro atoms. The molecule has 0 bridgehead atoms. The van der Waals surface area contributed by atoms with Crippen molar-refractivity contribution in [3.63, 3.8) is 0 Å². The van der Waals surface area contributed by atoms with E-state index in [1.165, 1.54) is 19.4 Å². The number of nitrogens with one attached hydrogen (secondary N) is 1. The lowest BCUT2D eigenvalue weighted by Gasteiger charge is -2.04. The van der Waals surface area contributed by atoms with Crippen molar-refractivity contribution in [2.45, 2.75) is 6.42 Å². The van der Waals surface area contributed by atoms with Crippen LogP contribution in [0.2, 0.25) is 0 Å². The first-order valence-corrected chi connectivity index (χ1v) is 5.35. The summed E-state index contributed by atoms with van der Waals surface area (Å²) in [5, 5.41) is 2.42. The maximum absolute atomic E-state index is 13.5. The van der Waals surface area contributed by atoms with E-state index < -0.39 is 28.9 Å². The summed E-state index contributed by atoms with van der Waals surface area (Å²) in [5.41, 5.74) is -1.15. The highest BCUT2D eigenvalue weighted by Gasteiger charge is 2.17. The number of H-pyrrole nitrogens is 1. The highest BCUT2D eigenvalue weighted by molar-refractivity contribution is 5.72. The maximum atomic E-state index is 13.5. The van der Waals surface area contributed by atoms with Gasteiger partial charge in [0, 0.05) is 11.8 Å². The molecule has 5 nitrogen and oxygen atoms in total. The molecule has 0 unspecified atom stereocenters. The van der Waals surface area contributed by atoms with Gasteiger partial charge in [-0.15, -0.1) is 0 Å². The lowest BCUT2D eigenvalue weighted by Crippen LogP contribution is -2.21. The second-order valence-corrected chi connectivity index (χ2v) is 3.76. The predicted molar refractivity (Wildman–Crippen MR) is 62.0 cm³/mol. The molecule has 0 saturated carbocycles. The second-order valence-electron chi connectivity index (χ2n) is 3.76. The third-order valence-electron chi connectivity index (χ3n) is 2.57. The van der Waals surface area contributed by atoms with Crippen LogP contribution in [0, 0.1) is 11.6 Å². The number of para-hydroxylation sites is 1. The number of esters is 1. The third kappa shape index (κ3) is 2.40. The van der Waals surface area contributed by atoms with E-state index in [1.807, 2.05) is 0 Å². The quantitative estimate of drug-likeness (QED) is 0.849. The second kappa shape index (κ2) is 5.05. The molecule has 1 N–H and O–H groups in total. The summed E-state index contributed by atoms with van der Waals surface area (Å²) >= 11 is 0. The minimum absolute atomic E-state index is 0.0644. The lowest BCUT2D eigenvalue weighted by molar-refractivity contribution is -0.139. The zero-order valence-electron chi connectivity index (χ0n) is 9.94. The Labute approximate surface area is 106 Å². The normalized spacial score (nSPS) is 10.5. The van der Waals surface area contributed by atoms with Crippen molar-refractivity contribution < 1.29 is 18.3 Å². The van der Waals surface area contributed by atoms with Crippen LogP contribution in [-0.2, 0) is 16.0 Å². The molecule has 0 aliphatic rings. The number of methoxy groups -OCH3 is 1. The van der Waals surface area contributed by atoms with Crippen molar-refractivity contribution in [3.05, 3.63) is 51.9 Å². The van der Waals surface area contributed by atoms with Crippen LogP contribution in [0.1, 0.15) is 5.56 Å². The fourth-order valence-electron chi connectivity index (χ4n) is 1.63. The van der Waals surface area contributed by atoms with Crippen LogP contribution in [0.4, 0.5) is 8.78 Å². The number of nitrogens with zero attached hydrogens (tertiary/aromatic N) is 1. The lowest BCUT2D eigenvalue weighted by atomic mass is 10.2. The van der Waals surface area contributed by atoms with Crippen molar-refractivity contribution in [2.24, 2.45) is 0 Å². The zero-order chi connectivity index (χ0) is 14.0. The number of hydrogen-bond donors (Lipinski definition) is 1. The summed E-state index contributed by atoms with van der Waals surface area (Å²) in [6.07, 6.45) is 0.944. The van der Waals surface area contributed by atoms with Gasteiger partial charge in [-0.2, -0.15) is 0 Å². The van der Waals surface area contributed by atoms with Gasteiger partial charge in [0.05, 0.1) is 13.5 Å². The molecule has 2 rings (SSSR count). The van der Waals surface area contributed by atoms with Gasteiger partial charge < -0.3 is 4.74 Å². The molecule has 7 heteroatoms. The van der Waals surface area contributed by atoms with Crippen LogP contribution in [0.3, 0.4) is 0 Å². The van der Waals surface area contributed by atoms with E-state index >= 15 is 0 Å². The van der Waals surface area contributed by atoms with E-state index in [9.17, 15) is 18.4 Å². The molecular formula is C12H10F2N2O3. The zero-order valence-corrected chi connectivity index (χ0v) is 9.94. The van der Waals surface area contributed by atoms with Gasteiger partial charge in [0.25, 0.3) is 5.56 Å². The number of aromatic amines is 1. The Morgan fingerprint density at radius 2 is 2.00 bits per heavy atom. The van der Waals surface area contributed by atoms with E-state index in [-0.39, 0.29) is 12.0 Å². The van der Waals surface area contributed by atoms with Gasteiger partial charge in [0.15, 0.2) is 11.6 Å². The van der Waals surface area contributed by atoms with Gasteiger partial charge in [-0.1, -0.05) is 6.07 Å². The van der Waals surface area contributed by atoms with Crippen LogP contribution in [-0.4, -0.2) is 22.9 Å². The number of ether oxygens (including phenoxy) is 1. The fourth-order valence-corrected chi connectivity index (χ4v) is 1.63. The standard InChI is InChI=1S/C12H10F2N2O3/c1-19-10(17)5-7-6-15-16(12(7)18)11-8(13)3-2-4-9(11)14/h2-4,6,15H,5H2,1H3. The van der Waals surface area contributed by atoms with Crippen molar-refractivity contribution >= 4 is 5.97 Å². The van der Waals surface area contributed by atoms with Crippen molar-refractivity contribution in [1.29, 1.82) is 0 Å². The maximum Gasteiger partial charge on any atom is 0.310 e. The molecule has 2 aromatic rings. The van der Waals surface area contributed by atoms with E-state index in [1.54, 1.807) is 0 Å². The van der Waals surface area contributed by atoms with Gasteiger partial charge >= 0.3 is 5.97 Å². The van der Waals surface area contributed by atoms with Crippen LogP contribution >= 0.6 is 0 Å². The van der Waals surface area contributed by atoms with Crippen molar-refractivity contribution in [2.75, 3.05) is 7.11 Å². The molecule has 0 radical (unpaired) electrons. The molecule has 1 aromatic carbocycles. The first kappa shape index (κ1) is 13.0. The third-order valence-corrected chi connectivity index (χ3v) is 2.57. The Hall–Kier alpha value is -2.44. The van der Waals surface area contributed by atoms with Crippen LogP contribution in [0.25, 0.3) is 5.69 Å². The molecule has 0 amide bonds. The highest BCUT2D eigenvalue weighted by atomic mass is 19.1. The van der Waals surface area contributed by atoms with E-state index in [0.717, 1.165) is 12.1 Å². The van der Waals surface area contributed by atoms with Crippen LogP contribution in [0.15, 0.2) is 29.2 Å². The number of rotatable bonds is 3. The van der Waals surface area contributed by atoms with Crippen molar-refractivity contribution in [1.82, 2.24) is 9.78 Å². The molecule has 0 aliphatic heterocycles. The van der Waals surface area contributed by atoms with Gasteiger partial charge in [0.1, 0.15) is 5.69 Å². The minimum atomic E-state index is -0.881. The minimum Gasteiger partial charge on any atom is -0.469 e. The van der Waals surface area contributed by atoms with E-state index in [0.29, 0.717) is 4.68 Å². The Morgan fingerprint density at radius 1 is 1.37 bits per heavy atom. The number of halogens is 2. The van der Waals surface area contributed by atoms with Crippen LogP contribution in [0.5, 0.6) is 0 Å². The average molecular weight is 268 g/mol. The highest BCUT2D eigenvalue weighted by Crippen LogP contribution is 2.15. The number of carbonyl (C=O) groups is 1. The molecule has 1 heterocycles. The molecule has 100 valence electrons. The first-order chi connectivity index (χ1) is 9.04. The van der Waals surface area contributed by atoms with Gasteiger partial charge in [-0.05, 0) is 12.1 Å². The van der Waals surface area contributed by atoms with Gasteiger partial charge in [-0.25, -0.2) is 13.5 Å². The first-order valence-electron chi connectivity index (χ1n) is 5.35. The summed E-state index contributed by atoms with van der Waals surface area (Å²) in [5.74, 6) is -2.38. The topological polar surface area (TPSA) is 64.1 Å². The van der Waals surface area contributed by atoms with E-state index in [2.05, 4.69) is 9.84 Å². The number of aromatic nitrogens is 2. The average Bonchev–Trinajstić information content (AvgIpc) is 2.71. The molecule has 0 atom stereocenters. The van der Waals surface area contributed by atoms with Crippen molar-refractivity contribution in [3.8, 4) is 5.69 Å². The monoisotopic (exact) mass is 268 g/mol. The molecule has 1 aromatic heterocycles.